The van der Waals surface area contributed by atoms with Crippen LogP contribution < -0.4 is 10.6 Å². The Morgan fingerprint density at radius 2 is 1.70 bits per heavy atom. The molecule has 0 aliphatic rings. The maximum Gasteiger partial charge on any atom is 0.287 e. The highest BCUT2D eigenvalue weighted by molar-refractivity contribution is 5.92. The van der Waals surface area contributed by atoms with Crippen molar-refractivity contribution in [2.24, 2.45) is 0 Å². The lowest BCUT2D eigenvalue weighted by atomic mass is 10.2. The van der Waals surface area contributed by atoms with Crippen molar-refractivity contribution in [1.82, 2.24) is 15.3 Å². The predicted molar refractivity (Wildman–Crippen MR) is 105 cm³/mol. The molecule has 2 heterocycles. The fourth-order valence-corrected chi connectivity index (χ4v) is 2.78. The number of hydrogen-bond donors (Lipinski definition) is 2. The smallest absolute Gasteiger partial charge is 0.287 e. The monoisotopic (exact) mass is 358 g/mol. The summed E-state index contributed by atoms with van der Waals surface area (Å²) in [7, 11) is 0. The molecule has 0 saturated heterocycles. The van der Waals surface area contributed by atoms with Gasteiger partial charge in [-0.2, -0.15) is 0 Å². The van der Waals surface area contributed by atoms with Crippen LogP contribution in [0.3, 0.4) is 0 Å². The van der Waals surface area contributed by atoms with E-state index in [-0.39, 0.29) is 5.91 Å². The Hall–Kier alpha value is -3.67. The van der Waals surface area contributed by atoms with Crippen LogP contribution in [0, 0.1) is 0 Å². The molecule has 4 rings (SSSR count). The Labute approximate surface area is 156 Å². The first-order valence-corrected chi connectivity index (χ1v) is 8.69. The second-order valence-electron chi connectivity index (χ2n) is 5.94. The number of carbonyl (C=O) groups excluding carboxylic acids is 1. The molecule has 2 aromatic heterocycles. The minimum absolute atomic E-state index is 0.237. The topological polar surface area (TPSA) is 80.0 Å². The lowest BCUT2D eigenvalue weighted by molar-refractivity contribution is 0.0927. The number of para-hydroxylation sites is 1. The van der Waals surface area contributed by atoms with Crippen molar-refractivity contribution in [1.29, 1.82) is 0 Å². The molecule has 0 spiro atoms. The highest BCUT2D eigenvalue weighted by Crippen LogP contribution is 2.24. The van der Waals surface area contributed by atoms with Gasteiger partial charge in [0.1, 0.15) is 5.82 Å². The summed E-state index contributed by atoms with van der Waals surface area (Å²) < 4.78 is 5.08. The second kappa shape index (κ2) is 7.70. The number of carbonyl (C=O) groups is 1. The molecule has 0 fully saturated rings. The van der Waals surface area contributed by atoms with Gasteiger partial charge in [0.2, 0.25) is 0 Å². The molecule has 4 aromatic rings. The van der Waals surface area contributed by atoms with Gasteiger partial charge < -0.3 is 15.1 Å². The molecule has 0 aliphatic carbocycles. The Morgan fingerprint density at radius 3 is 2.52 bits per heavy atom. The molecule has 2 N–H and O–H groups in total. The van der Waals surface area contributed by atoms with E-state index in [0.29, 0.717) is 24.7 Å². The minimum Gasteiger partial charge on any atom is -0.459 e. The van der Waals surface area contributed by atoms with Gasteiger partial charge in [-0.1, -0.05) is 42.5 Å². The van der Waals surface area contributed by atoms with Gasteiger partial charge in [0.15, 0.2) is 11.6 Å². The van der Waals surface area contributed by atoms with Gasteiger partial charge in [0.05, 0.1) is 11.8 Å². The third-order valence-electron chi connectivity index (χ3n) is 4.08. The zero-order chi connectivity index (χ0) is 18.5. The largest absolute Gasteiger partial charge is 0.459 e. The van der Waals surface area contributed by atoms with E-state index in [0.717, 1.165) is 22.3 Å². The maximum atomic E-state index is 11.9. The zero-order valence-electron chi connectivity index (χ0n) is 14.6. The van der Waals surface area contributed by atoms with Crippen LogP contribution in [0.2, 0.25) is 0 Å². The highest BCUT2D eigenvalue weighted by Gasteiger charge is 2.10. The second-order valence-corrected chi connectivity index (χ2v) is 5.94. The summed E-state index contributed by atoms with van der Waals surface area (Å²) in [4.78, 5) is 21.3. The maximum absolute atomic E-state index is 11.9. The summed E-state index contributed by atoms with van der Waals surface area (Å²) in [5.41, 5.74) is 1.82. The molecule has 6 nitrogen and oxygen atoms in total. The van der Waals surface area contributed by atoms with Gasteiger partial charge in [-0.25, -0.2) is 9.97 Å². The van der Waals surface area contributed by atoms with E-state index < -0.39 is 0 Å². The summed E-state index contributed by atoms with van der Waals surface area (Å²) >= 11 is 0. The molecule has 0 radical (unpaired) electrons. The lowest BCUT2D eigenvalue weighted by Gasteiger charge is -2.11. The molecule has 6 heteroatoms. The minimum atomic E-state index is -0.237. The summed E-state index contributed by atoms with van der Waals surface area (Å²) in [5.74, 6) is 1.47. The first kappa shape index (κ1) is 16.8. The fourth-order valence-electron chi connectivity index (χ4n) is 2.78. The number of aromatic nitrogens is 2. The summed E-state index contributed by atoms with van der Waals surface area (Å²) in [6.45, 7) is 0.972. The Kier molecular flexibility index (Phi) is 4.78. The Balaban J connectivity index is 1.51. The molecule has 0 aliphatic heterocycles. The van der Waals surface area contributed by atoms with Gasteiger partial charge in [-0.05, 0) is 24.3 Å². The fraction of sp³-hybridized carbons (Fsp3) is 0.0952. The number of fused-ring (bicyclic) bond motifs is 1. The van der Waals surface area contributed by atoms with Gasteiger partial charge >= 0.3 is 0 Å². The van der Waals surface area contributed by atoms with Crippen LogP contribution >= 0.6 is 0 Å². The Bertz CT molecular complexity index is 1050. The van der Waals surface area contributed by atoms with Crippen molar-refractivity contribution in [3.05, 3.63) is 78.8 Å². The number of amides is 1. The van der Waals surface area contributed by atoms with Gasteiger partial charge in [0, 0.05) is 24.0 Å². The van der Waals surface area contributed by atoms with Gasteiger partial charge in [0.25, 0.3) is 5.91 Å². The first-order chi connectivity index (χ1) is 13.3. The molecule has 2 aromatic carbocycles. The van der Waals surface area contributed by atoms with Crippen molar-refractivity contribution in [3.63, 3.8) is 0 Å². The van der Waals surface area contributed by atoms with E-state index in [1.165, 1.54) is 6.26 Å². The number of nitrogens with zero attached hydrogens (tertiary/aromatic N) is 2. The third-order valence-corrected chi connectivity index (χ3v) is 4.08. The van der Waals surface area contributed by atoms with Crippen LogP contribution in [-0.4, -0.2) is 29.0 Å². The highest BCUT2D eigenvalue weighted by atomic mass is 16.3. The van der Waals surface area contributed by atoms with Crippen molar-refractivity contribution >= 4 is 22.6 Å². The molecule has 0 saturated carbocycles. The standard InChI is InChI=1S/C21H18N4O2/c26-21(18-11-6-14-27-18)23-13-12-22-20-16-9-4-5-10-17(16)24-19(25-20)15-7-2-1-3-8-15/h1-11,14H,12-13H2,(H,23,26)(H,22,24,25). The van der Waals surface area contributed by atoms with E-state index in [4.69, 9.17) is 4.42 Å². The van der Waals surface area contributed by atoms with Gasteiger partial charge in [-0.3, -0.25) is 4.79 Å². The molecule has 0 unspecified atom stereocenters. The molecular weight excluding hydrogens is 340 g/mol. The molecular formula is C21H18N4O2. The third kappa shape index (κ3) is 3.79. The van der Waals surface area contributed by atoms with Crippen LogP contribution in [0.4, 0.5) is 5.82 Å². The molecule has 27 heavy (non-hydrogen) atoms. The SMILES string of the molecule is O=C(NCCNc1nc(-c2ccccc2)nc2ccccc12)c1ccco1. The molecule has 134 valence electrons. The molecule has 1 amide bonds. The van der Waals surface area contributed by atoms with E-state index in [9.17, 15) is 4.79 Å². The summed E-state index contributed by atoms with van der Waals surface area (Å²) in [6, 6.07) is 21.0. The number of nitrogens with one attached hydrogen (secondary N) is 2. The molecule has 0 atom stereocenters. The average molecular weight is 358 g/mol. The van der Waals surface area contributed by atoms with Crippen LogP contribution in [0.5, 0.6) is 0 Å². The summed E-state index contributed by atoms with van der Waals surface area (Å²) in [5, 5.41) is 7.05. The Morgan fingerprint density at radius 1 is 0.889 bits per heavy atom. The summed E-state index contributed by atoms with van der Waals surface area (Å²) in [6.07, 6.45) is 1.48. The predicted octanol–water partition coefficient (Wildman–Crippen LogP) is 3.73. The van der Waals surface area contributed by atoms with E-state index in [1.54, 1.807) is 12.1 Å². The first-order valence-electron chi connectivity index (χ1n) is 8.69. The molecule has 0 bridgehead atoms. The zero-order valence-corrected chi connectivity index (χ0v) is 14.6. The van der Waals surface area contributed by atoms with Gasteiger partial charge in [-0.15, -0.1) is 0 Å². The van der Waals surface area contributed by atoms with Crippen molar-refractivity contribution in [2.45, 2.75) is 0 Å². The average Bonchev–Trinajstić information content (AvgIpc) is 3.26. The van der Waals surface area contributed by atoms with Crippen LogP contribution in [0.15, 0.2) is 77.4 Å². The van der Waals surface area contributed by atoms with E-state index in [1.807, 2.05) is 54.6 Å². The van der Waals surface area contributed by atoms with Crippen molar-refractivity contribution in [3.8, 4) is 11.4 Å². The number of anilines is 1. The lowest BCUT2D eigenvalue weighted by Crippen LogP contribution is -2.28. The van der Waals surface area contributed by atoms with Crippen LogP contribution in [0.25, 0.3) is 22.3 Å². The number of benzene rings is 2. The quantitative estimate of drug-likeness (QED) is 0.513. The van der Waals surface area contributed by atoms with Crippen LogP contribution in [-0.2, 0) is 0 Å². The van der Waals surface area contributed by atoms with E-state index in [2.05, 4.69) is 20.6 Å². The normalized spacial score (nSPS) is 10.7. The van der Waals surface area contributed by atoms with E-state index >= 15 is 0 Å². The number of furan rings is 1. The van der Waals surface area contributed by atoms with Crippen LogP contribution in [0.1, 0.15) is 10.6 Å². The van der Waals surface area contributed by atoms with Crippen molar-refractivity contribution in [2.75, 3.05) is 18.4 Å². The number of rotatable bonds is 6. The number of hydrogen-bond acceptors (Lipinski definition) is 5. The van der Waals surface area contributed by atoms with Crippen molar-refractivity contribution < 1.29 is 9.21 Å².